The Morgan fingerprint density at radius 2 is 2.17 bits per heavy atom. The number of nitrogens with one attached hydrogen (secondary N) is 2. The van der Waals surface area contributed by atoms with E-state index in [1.54, 1.807) is 18.4 Å². The molecule has 0 radical (unpaired) electrons. The molecule has 0 aliphatic carbocycles. The third-order valence-corrected chi connectivity index (χ3v) is 4.90. The minimum Gasteiger partial charge on any atom is -0.462 e. The highest BCUT2D eigenvalue weighted by Gasteiger charge is 2.19. The number of hydrogen-bond donors (Lipinski definition) is 2. The van der Waals surface area contributed by atoms with Crippen molar-refractivity contribution in [2.75, 3.05) is 5.32 Å². The van der Waals surface area contributed by atoms with Gasteiger partial charge in [0.15, 0.2) is 10.8 Å². The number of carbonyl (C=O) groups excluding carboxylic acids is 2. The standard InChI is InChI=1S/C15H14N4O3S2/c1-9(20)16-10(12-5-3-7-23-12)8-13(21)17-15-19-18-14(24-15)11-4-2-6-22-11/h2-7,10H,8H2,1H3,(H,16,20)(H,17,19,21). The lowest BCUT2D eigenvalue weighted by molar-refractivity contribution is -0.120. The Bertz CT molecular complexity index is 812. The van der Waals surface area contributed by atoms with Crippen LogP contribution in [0.2, 0.25) is 0 Å². The Kier molecular flexibility index (Phi) is 5.02. The molecule has 9 heteroatoms. The van der Waals surface area contributed by atoms with Crippen molar-refractivity contribution in [2.24, 2.45) is 0 Å². The molecule has 0 bridgehead atoms. The van der Waals surface area contributed by atoms with Crippen LogP contribution in [0, 0.1) is 0 Å². The van der Waals surface area contributed by atoms with Crippen LogP contribution in [-0.2, 0) is 9.59 Å². The van der Waals surface area contributed by atoms with E-state index < -0.39 is 0 Å². The molecule has 3 aromatic heterocycles. The predicted molar refractivity (Wildman–Crippen MR) is 91.7 cm³/mol. The Labute approximate surface area is 145 Å². The third-order valence-electron chi connectivity index (χ3n) is 3.06. The van der Waals surface area contributed by atoms with Gasteiger partial charge in [0.25, 0.3) is 0 Å². The zero-order chi connectivity index (χ0) is 16.9. The summed E-state index contributed by atoms with van der Waals surface area (Å²) in [6.45, 7) is 1.43. The quantitative estimate of drug-likeness (QED) is 0.702. The molecule has 0 aliphatic heterocycles. The lowest BCUT2D eigenvalue weighted by atomic mass is 10.1. The number of carbonyl (C=O) groups is 2. The summed E-state index contributed by atoms with van der Waals surface area (Å²) in [5.74, 6) is 0.171. The number of aromatic nitrogens is 2. The summed E-state index contributed by atoms with van der Waals surface area (Å²) in [5, 5.41) is 16.3. The highest BCUT2D eigenvalue weighted by Crippen LogP contribution is 2.27. The van der Waals surface area contributed by atoms with E-state index in [2.05, 4.69) is 20.8 Å². The van der Waals surface area contributed by atoms with Gasteiger partial charge in [0, 0.05) is 11.8 Å². The molecule has 124 valence electrons. The number of amides is 2. The van der Waals surface area contributed by atoms with Crippen LogP contribution in [-0.4, -0.2) is 22.0 Å². The second-order valence-electron chi connectivity index (χ2n) is 4.91. The minimum atomic E-state index is -0.361. The molecule has 24 heavy (non-hydrogen) atoms. The van der Waals surface area contributed by atoms with Gasteiger partial charge in [-0.2, -0.15) is 0 Å². The number of anilines is 1. The number of furan rings is 1. The van der Waals surface area contributed by atoms with Gasteiger partial charge in [0.2, 0.25) is 16.9 Å². The number of thiophene rings is 1. The maximum absolute atomic E-state index is 12.3. The molecule has 0 aromatic carbocycles. The van der Waals surface area contributed by atoms with E-state index in [4.69, 9.17) is 4.42 Å². The summed E-state index contributed by atoms with van der Waals surface area (Å²) in [7, 11) is 0. The normalized spacial score (nSPS) is 11.9. The number of nitrogens with zero attached hydrogens (tertiary/aromatic N) is 2. The number of hydrogen-bond acceptors (Lipinski definition) is 7. The van der Waals surface area contributed by atoms with Crippen molar-refractivity contribution in [1.29, 1.82) is 0 Å². The predicted octanol–water partition coefficient (Wildman–Crippen LogP) is 3.07. The van der Waals surface area contributed by atoms with Gasteiger partial charge in [0.05, 0.1) is 18.7 Å². The van der Waals surface area contributed by atoms with Gasteiger partial charge in [-0.25, -0.2) is 0 Å². The molecule has 0 saturated heterocycles. The van der Waals surface area contributed by atoms with E-state index in [0.717, 1.165) is 4.88 Å². The highest BCUT2D eigenvalue weighted by atomic mass is 32.1. The first-order valence-electron chi connectivity index (χ1n) is 7.09. The summed E-state index contributed by atoms with van der Waals surface area (Å²) in [6, 6.07) is 6.94. The van der Waals surface area contributed by atoms with Gasteiger partial charge in [-0.1, -0.05) is 17.4 Å². The van der Waals surface area contributed by atoms with E-state index in [1.165, 1.54) is 29.6 Å². The van der Waals surface area contributed by atoms with Crippen LogP contribution in [0.3, 0.4) is 0 Å². The molecule has 7 nitrogen and oxygen atoms in total. The van der Waals surface area contributed by atoms with Crippen LogP contribution in [0.25, 0.3) is 10.8 Å². The lowest BCUT2D eigenvalue weighted by Gasteiger charge is -2.15. The van der Waals surface area contributed by atoms with Gasteiger partial charge in [-0.3, -0.25) is 9.59 Å². The van der Waals surface area contributed by atoms with Gasteiger partial charge in [-0.05, 0) is 23.6 Å². The summed E-state index contributed by atoms with van der Waals surface area (Å²) in [5.41, 5.74) is 0. The molecule has 0 aliphatic rings. The van der Waals surface area contributed by atoms with Crippen molar-refractivity contribution in [1.82, 2.24) is 15.5 Å². The number of rotatable bonds is 6. The van der Waals surface area contributed by atoms with Crippen LogP contribution in [0.15, 0.2) is 40.3 Å². The maximum atomic E-state index is 12.3. The van der Waals surface area contributed by atoms with Crippen molar-refractivity contribution in [3.63, 3.8) is 0 Å². The molecule has 3 heterocycles. The van der Waals surface area contributed by atoms with Gasteiger partial charge < -0.3 is 15.1 Å². The second-order valence-corrected chi connectivity index (χ2v) is 6.87. The van der Waals surface area contributed by atoms with E-state index >= 15 is 0 Å². The monoisotopic (exact) mass is 362 g/mol. The third kappa shape index (κ3) is 4.06. The Balaban J connectivity index is 1.64. The van der Waals surface area contributed by atoms with E-state index in [1.807, 2.05) is 17.5 Å². The van der Waals surface area contributed by atoms with Gasteiger partial charge in [-0.15, -0.1) is 21.5 Å². The van der Waals surface area contributed by atoms with Crippen molar-refractivity contribution >= 4 is 39.6 Å². The van der Waals surface area contributed by atoms with E-state index in [9.17, 15) is 9.59 Å². The molecule has 3 rings (SSSR count). The smallest absolute Gasteiger partial charge is 0.228 e. The molecule has 0 saturated carbocycles. The highest BCUT2D eigenvalue weighted by molar-refractivity contribution is 7.18. The van der Waals surface area contributed by atoms with Crippen molar-refractivity contribution in [3.8, 4) is 10.8 Å². The molecule has 1 atom stereocenters. The van der Waals surface area contributed by atoms with Crippen LogP contribution in [0.4, 0.5) is 5.13 Å². The van der Waals surface area contributed by atoms with Gasteiger partial charge in [0.1, 0.15) is 0 Å². The fourth-order valence-corrected chi connectivity index (χ4v) is 3.59. The minimum absolute atomic E-state index is 0.121. The van der Waals surface area contributed by atoms with Crippen LogP contribution in [0.1, 0.15) is 24.3 Å². The molecular weight excluding hydrogens is 348 g/mol. The SMILES string of the molecule is CC(=O)NC(CC(=O)Nc1nnc(-c2ccco2)s1)c1cccs1. The molecule has 3 aromatic rings. The van der Waals surface area contributed by atoms with E-state index in [0.29, 0.717) is 15.9 Å². The summed E-state index contributed by atoms with van der Waals surface area (Å²) >= 11 is 2.72. The van der Waals surface area contributed by atoms with Gasteiger partial charge >= 0.3 is 0 Å². The van der Waals surface area contributed by atoms with Crippen molar-refractivity contribution in [2.45, 2.75) is 19.4 Å². The lowest BCUT2D eigenvalue weighted by Crippen LogP contribution is -2.29. The maximum Gasteiger partial charge on any atom is 0.228 e. The Morgan fingerprint density at radius 1 is 1.29 bits per heavy atom. The Morgan fingerprint density at radius 3 is 2.83 bits per heavy atom. The zero-order valence-corrected chi connectivity index (χ0v) is 14.3. The molecular formula is C15H14N4O3S2. The fraction of sp³-hybridized carbons (Fsp3) is 0.200. The fourth-order valence-electron chi connectivity index (χ4n) is 2.09. The summed E-state index contributed by atoms with van der Waals surface area (Å²) < 4.78 is 5.24. The molecule has 0 fully saturated rings. The molecule has 2 amide bonds. The average Bonchev–Trinajstić information content (AvgIpc) is 3.28. The van der Waals surface area contributed by atoms with Crippen molar-refractivity contribution in [3.05, 3.63) is 40.8 Å². The summed E-state index contributed by atoms with van der Waals surface area (Å²) in [6.07, 6.45) is 1.67. The first-order valence-corrected chi connectivity index (χ1v) is 8.79. The first kappa shape index (κ1) is 16.3. The topological polar surface area (TPSA) is 97.1 Å². The van der Waals surface area contributed by atoms with Crippen molar-refractivity contribution < 1.29 is 14.0 Å². The van der Waals surface area contributed by atoms with E-state index in [-0.39, 0.29) is 24.3 Å². The first-order chi connectivity index (χ1) is 11.6. The zero-order valence-electron chi connectivity index (χ0n) is 12.7. The molecule has 2 N–H and O–H groups in total. The second kappa shape index (κ2) is 7.37. The average molecular weight is 362 g/mol. The summed E-state index contributed by atoms with van der Waals surface area (Å²) in [4.78, 5) is 24.5. The van der Waals surface area contributed by atoms with Crippen LogP contribution >= 0.6 is 22.7 Å². The molecule has 1 unspecified atom stereocenters. The van der Waals surface area contributed by atoms with Crippen LogP contribution in [0.5, 0.6) is 0 Å². The molecule has 0 spiro atoms. The largest absolute Gasteiger partial charge is 0.462 e. The Hall–Kier alpha value is -2.52. The van der Waals surface area contributed by atoms with Crippen LogP contribution < -0.4 is 10.6 Å².